The van der Waals surface area contributed by atoms with Gasteiger partial charge in [-0.3, -0.25) is 9.13 Å². The van der Waals surface area contributed by atoms with Gasteiger partial charge in [0, 0.05) is 59.4 Å². The van der Waals surface area contributed by atoms with Gasteiger partial charge >= 0.3 is 0 Å². The van der Waals surface area contributed by atoms with Crippen LogP contribution in [0.5, 0.6) is 0 Å². The van der Waals surface area contributed by atoms with Crippen molar-refractivity contribution >= 4 is 114 Å². The molecule has 0 amide bonds. The van der Waals surface area contributed by atoms with Gasteiger partial charge in [-0.25, -0.2) is 0 Å². The molecule has 290 valence electrons. The van der Waals surface area contributed by atoms with Gasteiger partial charge in [-0.1, -0.05) is 158 Å². The number of aromatic nitrogens is 6. The Morgan fingerprint density at radius 2 is 0.540 bits per heavy atom. The van der Waals surface area contributed by atoms with Gasteiger partial charge in [0.25, 0.3) is 0 Å². The minimum absolute atomic E-state index is 0.567. The van der Waals surface area contributed by atoms with E-state index in [1.807, 2.05) is 0 Å². The lowest BCUT2D eigenvalue weighted by Crippen LogP contribution is -2.10. The van der Waals surface area contributed by atoms with Gasteiger partial charge in [0.2, 0.25) is 11.9 Å². The van der Waals surface area contributed by atoms with E-state index in [0.717, 1.165) is 49.2 Å². The quantitative estimate of drug-likeness (QED) is 0.179. The Labute approximate surface area is 358 Å². The first kappa shape index (κ1) is 33.1. The fourth-order valence-electron chi connectivity index (χ4n) is 11.1. The van der Waals surface area contributed by atoms with Crippen LogP contribution in [0.4, 0.5) is 0 Å². The highest BCUT2D eigenvalue weighted by molar-refractivity contribution is 6.33. The van der Waals surface area contributed by atoms with E-state index < -0.39 is 0 Å². The number of para-hydroxylation sites is 6. The molecule has 0 N–H and O–H groups in total. The van der Waals surface area contributed by atoms with Crippen molar-refractivity contribution < 1.29 is 0 Å². The van der Waals surface area contributed by atoms with Gasteiger partial charge in [-0.05, 0) is 57.9 Å². The van der Waals surface area contributed by atoms with E-state index in [1.165, 1.54) is 70.4 Å². The molecule has 15 aromatic rings. The van der Waals surface area contributed by atoms with Crippen LogP contribution in [-0.2, 0) is 0 Å². The summed E-state index contributed by atoms with van der Waals surface area (Å²) in [5.74, 6) is 1.74. The summed E-state index contributed by atoms with van der Waals surface area (Å²) < 4.78 is 6.95. The summed E-state index contributed by atoms with van der Waals surface area (Å²) >= 11 is 0. The molecule has 0 bridgehead atoms. The molecule has 0 aliphatic carbocycles. The Balaban J connectivity index is 1.12. The molecule has 6 aromatic heterocycles. The average molecular weight is 801 g/mol. The van der Waals surface area contributed by atoms with Crippen molar-refractivity contribution in [3.8, 4) is 23.3 Å². The summed E-state index contributed by atoms with van der Waals surface area (Å²) in [4.78, 5) is 16.4. The lowest BCUT2D eigenvalue weighted by Gasteiger charge is -2.13. The fraction of sp³-hybridized carbons (Fsp3) is 0. The van der Waals surface area contributed by atoms with E-state index >= 15 is 0 Å². The van der Waals surface area contributed by atoms with Crippen LogP contribution in [0.15, 0.2) is 194 Å². The Kier molecular flexibility index (Phi) is 6.33. The maximum atomic E-state index is 5.49. The molecule has 6 nitrogen and oxygen atoms in total. The zero-order valence-corrected chi connectivity index (χ0v) is 33.7. The van der Waals surface area contributed by atoms with Crippen molar-refractivity contribution in [2.75, 3.05) is 0 Å². The van der Waals surface area contributed by atoms with Crippen LogP contribution in [0, 0.1) is 0 Å². The Morgan fingerprint density at radius 1 is 0.254 bits per heavy atom. The molecule has 0 unspecified atom stereocenters. The van der Waals surface area contributed by atoms with Gasteiger partial charge in [-0.2, -0.15) is 15.0 Å². The lowest BCUT2D eigenvalue weighted by atomic mass is 10.0. The first-order valence-electron chi connectivity index (χ1n) is 21.5. The maximum Gasteiger partial charge on any atom is 0.240 e. The van der Waals surface area contributed by atoms with E-state index in [1.54, 1.807) is 0 Å². The number of hydrogen-bond donors (Lipinski definition) is 0. The van der Waals surface area contributed by atoms with E-state index in [0.29, 0.717) is 17.7 Å². The molecule has 0 atom stereocenters. The highest BCUT2D eigenvalue weighted by Gasteiger charge is 2.25. The standard InChI is InChI=1S/C57H32N6/c1-3-17-36-34(15-1)35-16-2-4-18-37(35)43-24-14-26-45-47-32-33(31-46-44-25-13-23-42(36)52(44)63(53(43)45)54(46)47)55-58-56(61-48-27-9-5-19-38(48)39-20-6-10-28-49(39)61)60-57(59-55)62-50-29-11-7-21-40(50)41-22-8-12-30-51(41)62/h1-32H. The summed E-state index contributed by atoms with van der Waals surface area (Å²) in [6.07, 6.45) is 0. The molecule has 9 aromatic carbocycles. The van der Waals surface area contributed by atoms with Crippen LogP contribution in [0.25, 0.3) is 137 Å². The Hall–Kier alpha value is -8.61. The van der Waals surface area contributed by atoms with E-state index in [4.69, 9.17) is 15.0 Å². The van der Waals surface area contributed by atoms with E-state index in [-0.39, 0.29) is 0 Å². The van der Waals surface area contributed by atoms with Crippen molar-refractivity contribution in [2.24, 2.45) is 0 Å². The second kappa shape index (κ2) is 12.0. The number of fused-ring (bicyclic) bond motifs is 13. The molecule has 6 heterocycles. The zero-order valence-electron chi connectivity index (χ0n) is 33.7. The number of rotatable bonds is 3. The van der Waals surface area contributed by atoms with Crippen molar-refractivity contribution in [3.05, 3.63) is 194 Å². The summed E-state index contributed by atoms with van der Waals surface area (Å²) in [6.45, 7) is 0. The van der Waals surface area contributed by atoms with Crippen LogP contribution in [0.3, 0.4) is 0 Å². The van der Waals surface area contributed by atoms with Crippen molar-refractivity contribution in [3.63, 3.8) is 0 Å². The minimum atomic E-state index is 0.567. The van der Waals surface area contributed by atoms with Crippen LogP contribution in [-0.4, -0.2) is 28.5 Å². The fourth-order valence-corrected chi connectivity index (χ4v) is 11.1. The number of benzene rings is 9. The van der Waals surface area contributed by atoms with E-state index in [2.05, 4.69) is 208 Å². The van der Waals surface area contributed by atoms with Crippen molar-refractivity contribution in [1.29, 1.82) is 0 Å². The zero-order chi connectivity index (χ0) is 40.9. The van der Waals surface area contributed by atoms with Gasteiger partial charge in [0.15, 0.2) is 5.82 Å². The molecule has 0 radical (unpaired) electrons. The molecule has 0 spiro atoms. The normalized spacial score (nSPS) is 12.4. The maximum absolute atomic E-state index is 5.49. The smallest absolute Gasteiger partial charge is 0.240 e. The van der Waals surface area contributed by atoms with Gasteiger partial charge in [0.1, 0.15) is 0 Å². The van der Waals surface area contributed by atoms with Crippen LogP contribution in [0.1, 0.15) is 0 Å². The van der Waals surface area contributed by atoms with Gasteiger partial charge in [0.05, 0.1) is 38.6 Å². The third-order valence-corrected chi connectivity index (χ3v) is 13.6. The van der Waals surface area contributed by atoms with Crippen LogP contribution < -0.4 is 0 Å². The van der Waals surface area contributed by atoms with Crippen molar-refractivity contribution in [1.82, 2.24) is 28.5 Å². The molecule has 6 heteroatoms. The van der Waals surface area contributed by atoms with Crippen LogP contribution >= 0.6 is 0 Å². The molecule has 0 saturated carbocycles. The summed E-state index contributed by atoms with van der Waals surface area (Å²) in [6, 6.07) is 70.1. The predicted molar refractivity (Wildman–Crippen MR) is 261 cm³/mol. The number of hydrogen-bond acceptors (Lipinski definition) is 3. The van der Waals surface area contributed by atoms with Crippen molar-refractivity contribution in [2.45, 2.75) is 0 Å². The lowest BCUT2D eigenvalue weighted by molar-refractivity contribution is 0.893. The second-order valence-electron chi connectivity index (χ2n) is 16.7. The second-order valence-corrected chi connectivity index (χ2v) is 16.7. The SMILES string of the molecule is c1ccc2c(c1)c1ccccc1c1cccc3c4cc(-c5nc(-n6c7ccccc7c7ccccc76)nc(-n6c7ccccc7c7ccccc76)n5)cc5c6cccc2c6n(c13)c54. The summed E-state index contributed by atoms with van der Waals surface area (Å²) in [5, 5.41) is 16.7. The highest BCUT2D eigenvalue weighted by Crippen LogP contribution is 2.46. The first-order valence-corrected chi connectivity index (χ1v) is 21.5. The van der Waals surface area contributed by atoms with E-state index in [9.17, 15) is 0 Å². The molecule has 0 aliphatic heterocycles. The molecular formula is C57H32N6. The number of nitrogens with zero attached hydrogens (tertiary/aromatic N) is 6. The first-order chi connectivity index (χ1) is 31.3. The monoisotopic (exact) mass is 800 g/mol. The Morgan fingerprint density at radius 3 is 0.921 bits per heavy atom. The highest BCUT2D eigenvalue weighted by atomic mass is 15.3. The molecule has 15 rings (SSSR count). The molecule has 63 heavy (non-hydrogen) atoms. The van der Waals surface area contributed by atoms with Crippen LogP contribution in [0.2, 0.25) is 0 Å². The minimum Gasteiger partial charge on any atom is -0.307 e. The molecule has 0 aliphatic rings. The molecular weight excluding hydrogens is 769 g/mol. The largest absolute Gasteiger partial charge is 0.307 e. The van der Waals surface area contributed by atoms with Gasteiger partial charge in [-0.15, -0.1) is 0 Å². The molecule has 0 fully saturated rings. The average Bonchev–Trinajstić information content (AvgIpc) is 4.08. The summed E-state index contributed by atoms with van der Waals surface area (Å²) in [5.41, 5.74) is 8.74. The molecule has 0 saturated heterocycles. The Bertz CT molecular complexity index is 4070. The third kappa shape index (κ3) is 4.29. The topological polar surface area (TPSA) is 52.9 Å². The van der Waals surface area contributed by atoms with Gasteiger partial charge < -0.3 is 4.40 Å². The summed E-state index contributed by atoms with van der Waals surface area (Å²) in [7, 11) is 0. The predicted octanol–water partition coefficient (Wildman–Crippen LogP) is 14.3. The third-order valence-electron chi connectivity index (χ3n) is 13.6.